The molecule has 0 bridgehead atoms. The van der Waals surface area contributed by atoms with Gasteiger partial charge in [0, 0.05) is 33.2 Å². The summed E-state index contributed by atoms with van der Waals surface area (Å²) in [6.45, 7) is 5.66. The van der Waals surface area contributed by atoms with Crippen molar-refractivity contribution in [2.45, 2.75) is 13.0 Å². The smallest absolute Gasteiger partial charge is 0.243 e. The third-order valence-electron chi connectivity index (χ3n) is 5.43. The molecule has 0 unspecified atom stereocenters. The zero-order valence-corrected chi connectivity index (χ0v) is 18.7. The first-order valence-electron chi connectivity index (χ1n) is 10.8. The van der Waals surface area contributed by atoms with Crippen LogP contribution >= 0.6 is 0 Å². The SMILES string of the molecule is C=C(NCc1ccc(F)cc1)N1CC(=O)N(CCc2ccc(F)cc2)CCNC(=O)CN1C. The molecule has 1 saturated heterocycles. The Morgan fingerprint density at radius 2 is 1.61 bits per heavy atom. The van der Waals surface area contributed by atoms with Gasteiger partial charge in [-0.3, -0.25) is 14.6 Å². The molecule has 2 aromatic carbocycles. The van der Waals surface area contributed by atoms with Crippen LogP contribution in [0.2, 0.25) is 0 Å². The zero-order chi connectivity index (χ0) is 23.8. The second kappa shape index (κ2) is 11.4. The lowest BCUT2D eigenvalue weighted by Gasteiger charge is -2.37. The lowest BCUT2D eigenvalue weighted by Crippen LogP contribution is -2.54. The number of carbonyl (C=O) groups excluding carboxylic acids is 2. The van der Waals surface area contributed by atoms with Crippen LogP contribution in [0.25, 0.3) is 0 Å². The predicted molar refractivity (Wildman–Crippen MR) is 121 cm³/mol. The molecule has 2 aromatic rings. The van der Waals surface area contributed by atoms with E-state index in [-0.39, 0.29) is 36.5 Å². The molecular formula is C24H29F2N5O2. The predicted octanol–water partition coefficient (Wildman–Crippen LogP) is 1.88. The third kappa shape index (κ3) is 7.28. The van der Waals surface area contributed by atoms with Gasteiger partial charge in [-0.05, 0) is 41.8 Å². The lowest BCUT2D eigenvalue weighted by molar-refractivity contribution is -0.140. The van der Waals surface area contributed by atoms with E-state index in [2.05, 4.69) is 17.2 Å². The van der Waals surface area contributed by atoms with E-state index in [9.17, 15) is 18.4 Å². The number of hydrogen-bond donors (Lipinski definition) is 2. The fraction of sp³-hybridized carbons (Fsp3) is 0.333. The summed E-state index contributed by atoms with van der Waals surface area (Å²) < 4.78 is 26.3. The van der Waals surface area contributed by atoms with Crippen molar-refractivity contribution in [3.63, 3.8) is 0 Å². The number of halogens is 2. The van der Waals surface area contributed by atoms with Gasteiger partial charge in [0.1, 0.15) is 24.0 Å². The number of hydrazine groups is 1. The van der Waals surface area contributed by atoms with Crippen molar-refractivity contribution in [1.29, 1.82) is 0 Å². The van der Waals surface area contributed by atoms with E-state index >= 15 is 0 Å². The summed E-state index contributed by atoms with van der Waals surface area (Å²) in [5.74, 6) is -0.457. The number of nitrogens with one attached hydrogen (secondary N) is 2. The Hall–Kier alpha value is -3.46. The van der Waals surface area contributed by atoms with Gasteiger partial charge < -0.3 is 15.5 Å². The Bertz CT molecular complexity index is 966. The summed E-state index contributed by atoms with van der Waals surface area (Å²) in [6, 6.07) is 12.3. The standard InChI is InChI=1S/C24H29F2N5O2/c1-18(28-15-20-5-9-22(26)10-6-20)31-17-24(33)30(14-12-27-23(32)16-29(31)2)13-11-19-3-7-21(25)8-4-19/h3-10,28H,1,11-17H2,2H3,(H,27,32). The first-order chi connectivity index (χ1) is 15.8. The first-order valence-corrected chi connectivity index (χ1v) is 10.8. The van der Waals surface area contributed by atoms with Gasteiger partial charge in [0.25, 0.3) is 0 Å². The van der Waals surface area contributed by atoms with E-state index in [0.717, 1.165) is 11.1 Å². The average molecular weight is 458 g/mol. The topological polar surface area (TPSA) is 67.9 Å². The lowest BCUT2D eigenvalue weighted by atomic mass is 10.1. The molecule has 0 aromatic heterocycles. The Balaban J connectivity index is 1.67. The molecule has 33 heavy (non-hydrogen) atoms. The van der Waals surface area contributed by atoms with Crippen molar-refractivity contribution in [2.24, 2.45) is 0 Å². The molecule has 1 aliphatic rings. The quantitative estimate of drug-likeness (QED) is 0.665. The summed E-state index contributed by atoms with van der Waals surface area (Å²) in [7, 11) is 1.71. The van der Waals surface area contributed by atoms with Gasteiger partial charge in [0.15, 0.2) is 0 Å². The Morgan fingerprint density at radius 1 is 1.00 bits per heavy atom. The van der Waals surface area contributed by atoms with Crippen molar-refractivity contribution in [2.75, 3.05) is 39.8 Å². The van der Waals surface area contributed by atoms with Crippen molar-refractivity contribution >= 4 is 11.8 Å². The average Bonchev–Trinajstić information content (AvgIpc) is 2.79. The number of likely N-dealkylation sites (N-methyl/N-ethyl adjacent to an activating group) is 1. The third-order valence-corrected chi connectivity index (χ3v) is 5.43. The number of amides is 2. The van der Waals surface area contributed by atoms with Crippen LogP contribution in [-0.2, 0) is 22.6 Å². The summed E-state index contributed by atoms with van der Waals surface area (Å²) in [6.07, 6.45) is 0.569. The van der Waals surface area contributed by atoms with Crippen LogP contribution in [0.5, 0.6) is 0 Å². The fourth-order valence-corrected chi connectivity index (χ4v) is 3.50. The summed E-state index contributed by atoms with van der Waals surface area (Å²) in [5.41, 5.74) is 1.77. The van der Waals surface area contributed by atoms with Gasteiger partial charge >= 0.3 is 0 Å². The van der Waals surface area contributed by atoms with E-state index in [1.54, 1.807) is 46.2 Å². The maximum absolute atomic E-state index is 13.2. The maximum Gasteiger partial charge on any atom is 0.243 e. The normalized spacial score (nSPS) is 15.8. The molecule has 3 rings (SSSR count). The van der Waals surface area contributed by atoms with E-state index in [1.807, 2.05) is 0 Å². The molecule has 2 N–H and O–H groups in total. The van der Waals surface area contributed by atoms with Gasteiger partial charge in [0.05, 0.1) is 6.54 Å². The Labute approximate surface area is 192 Å². The fourth-order valence-electron chi connectivity index (χ4n) is 3.50. The van der Waals surface area contributed by atoms with Crippen molar-refractivity contribution < 1.29 is 18.4 Å². The largest absolute Gasteiger partial charge is 0.367 e. The molecule has 0 radical (unpaired) electrons. The number of carbonyl (C=O) groups is 2. The van der Waals surface area contributed by atoms with Crippen LogP contribution in [0.3, 0.4) is 0 Å². The van der Waals surface area contributed by atoms with Gasteiger partial charge in [-0.2, -0.15) is 0 Å². The summed E-state index contributed by atoms with van der Waals surface area (Å²) in [5, 5.41) is 9.23. The van der Waals surface area contributed by atoms with Crippen LogP contribution in [0.4, 0.5) is 8.78 Å². The maximum atomic E-state index is 13.2. The molecule has 0 atom stereocenters. The molecule has 0 saturated carbocycles. The van der Waals surface area contributed by atoms with Gasteiger partial charge in [-0.15, -0.1) is 0 Å². The summed E-state index contributed by atoms with van der Waals surface area (Å²) in [4.78, 5) is 27.1. The molecule has 1 heterocycles. The molecule has 0 aliphatic carbocycles. The second-order valence-corrected chi connectivity index (χ2v) is 7.91. The molecule has 1 aliphatic heterocycles. The van der Waals surface area contributed by atoms with E-state index < -0.39 is 0 Å². The highest BCUT2D eigenvalue weighted by Gasteiger charge is 2.24. The van der Waals surface area contributed by atoms with Crippen molar-refractivity contribution in [3.8, 4) is 0 Å². The van der Waals surface area contributed by atoms with Crippen LogP contribution < -0.4 is 10.6 Å². The number of hydrogen-bond acceptors (Lipinski definition) is 5. The van der Waals surface area contributed by atoms with Crippen LogP contribution in [0.1, 0.15) is 11.1 Å². The van der Waals surface area contributed by atoms with Crippen LogP contribution in [-0.4, -0.2) is 66.5 Å². The molecule has 0 spiro atoms. The van der Waals surface area contributed by atoms with Crippen molar-refractivity contribution in [3.05, 3.63) is 83.7 Å². The molecule has 2 amide bonds. The van der Waals surface area contributed by atoms with Gasteiger partial charge in [-0.1, -0.05) is 30.8 Å². The highest BCUT2D eigenvalue weighted by molar-refractivity contribution is 5.80. The van der Waals surface area contributed by atoms with E-state index in [1.165, 1.54) is 24.3 Å². The van der Waals surface area contributed by atoms with Crippen LogP contribution in [0, 0.1) is 11.6 Å². The Morgan fingerprint density at radius 3 is 2.24 bits per heavy atom. The molecule has 9 heteroatoms. The number of rotatable bonds is 7. The van der Waals surface area contributed by atoms with Crippen molar-refractivity contribution in [1.82, 2.24) is 25.6 Å². The summed E-state index contributed by atoms with van der Waals surface area (Å²) >= 11 is 0. The number of nitrogens with zero attached hydrogens (tertiary/aromatic N) is 3. The second-order valence-electron chi connectivity index (χ2n) is 7.91. The zero-order valence-electron chi connectivity index (χ0n) is 18.7. The monoisotopic (exact) mass is 457 g/mol. The minimum absolute atomic E-state index is 0.00243. The highest BCUT2D eigenvalue weighted by Crippen LogP contribution is 2.10. The first kappa shape index (κ1) is 24.2. The highest BCUT2D eigenvalue weighted by atomic mass is 19.1. The minimum Gasteiger partial charge on any atom is -0.367 e. The minimum atomic E-state index is -0.314. The molecule has 176 valence electrons. The number of benzene rings is 2. The Kier molecular flexibility index (Phi) is 8.37. The van der Waals surface area contributed by atoms with Gasteiger partial charge in [0.2, 0.25) is 11.8 Å². The van der Waals surface area contributed by atoms with E-state index in [4.69, 9.17) is 0 Å². The molecular weight excluding hydrogens is 428 g/mol. The van der Waals surface area contributed by atoms with Crippen LogP contribution in [0.15, 0.2) is 60.9 Å². The molecule has 1 fully saturated rings. The van der Waals surface area contributed by atoms with E-state index in [0.29, 0.717) is 38.4 Å². The molecule has 7 nitrogen and oxygen atoms in total. The van der Waals surface area contributed by atoms with Gasteiger partial charge in [-0.25, -0.2) is 13.8 Å².